The van der Waals surface area contributed by atoms with Gasteiger partial charge in [-0.05, 0) is 38.3 Å². The van der Waals surface area contributed by atoms with Gasteiger partial charge in [0.25, 0.3) is 0 Å². The van der Waals surface area contributed by atoms with Gasteiger partial charge in [0.15, 0.2) is 0 Å². The van der Waals surface area contributed by atoms with Gasteiger partial charge in [-0.25, -0.2) is 4.98 Å². The van der Waals surface area contributed by atoms with Gasteiger partial charge in [-0.3, -0.25) is 5.32 Å². The molecule has 1 aromatic heterocycles. The summed E-state index contributed by atoms with van der Waals surface area (Å²) in [5.41, 5.74) is 1.72. The molecule has 5 atom stereocenters. The van der Waals surface area contributed by atoms with Gasteiger partial charge in [0.05, 0.1) is 20.8 Å². The van der Waals surface area contributed by atoms with Crippen LogP contribution in [0.15, 0.2) is 37.1 Å². The van der Waals surface area contributed by atoms with Gasteiger partial charge in [-0.1, -0.05) is 19.4 Å². The van der Waals surface area contributed by atoms with E-state index in [4.69, 9.17) is 14.5 Å². The molecule has 11 nitrogen and oxygen atoms in total. The van der Waals surface area contributed by atoms with Crippen LogP contribution in [0.3, 0.4) is 0 Å². The highest BCUT2D eigenvalue weighted by atomic mass is 16.5. The average Bonchev–Trinajstić information content (AvgIpc) is 2.97. The lowest BCUT2D eigenvalue weighted by Gasteiger charge is -2.47. The number of methoxy groups -OCH3 is 2. The van der Waals surface area contributed by atoms with Crippen molar-refractivity contribution in [1.82, 2.24) is 20.6 Å². The van der Waals surface area contributed by atoms with Crippen molar-refractivity contribution in [1.29, 1.82) is 0 Å². The summed E-state index contributed by atoms with van der Waals surface area (Å²) >= 11 is 0. The molecule has 5 rings (SSSR count). The highest BCUT2D eigenvalue weighted by Gasteiger charge is 2.38. The van der Waals surface area contributed by atoms with E-state index in [1.54, 1.807) is 14.2 Å². The fourth-order valence-corrected chi connectivity index (χ4v) is 5.90. The highest BCUT2D eigenvalue weighted by molar-refractivity contribution is 5.63. The van der Waals surface area contributed by atoms with Gasteiger partial charge in [0.1, 0.15) is 23.5 Å². The standard InChI is InChI=1S/C28H41N7O4/c1-4-25(36)31-23-9-5-6-10-24(23)32-27-30-15-18-17-34(20-12-21(38-2)14-22(13-20)39-3)28(37)35(26(18)33-27)19-8-7-11-29-16-19/h4,12-15,19,23-25,28-29,31,36-37H,1,5-11,16-17H2,2-3H3,(H,30,32,33). The van der Waals surface area contributed by atoms with Crippen molar-refractivity contribution in [3.05, 3.63) is 42.6 Å². The highest BCUT2D eigenvalue weighted by Crippen LogP contribution is 2.38. The molecule has 1 saturated carbocycles. The Balaban J connectivity index is 1.46. The van der Waals surface area contributed by atoms with Crippen LogP contribution >= 0.6 is 0 Å². The molecule has 1 saturated heterocycles. The maximum Gasteiger partial charge on any atom is 0.224 e. The number of piperidine rings is 1. The smallest absolute Gasteiger partial charge is 0.224 e. The molecule has 0 amide bonds. The molecular formula is C28H41N7O4. The maximum atomic E-state index is 11.8. The van der Waals surface area contributed by atoms with Gasteiger partial charge < -0.3 is 40.1 Å². The van der Waals surface area contributed by atoms with Crippen LogP contribution in [0.25, 0.3) is 0 Å². The lowest BCUT2D eigenvalue weighted by molar-refractivity contribution is 0.137. The minimum absolute atomic E-state index is 0.0670. The van der Waals surface area contributed by atoms with Crippen LogP contribution in [0.2, 0.25) is 0 Å². The third-order valence-electron chi connectivity index (χ3n) is 7.98. The number of ether oxygens (including phenoxy) is 2. The number of nitrogens with zero attached hydrogens (tertiary/aromatic N) is 4. The number of aromatic nitrogens is 2. The van der Waals surface area contributed by atoms with Gasteiger partial charge in [0.2, 0.25) is 12.3 Å². The van der Waals surface area contributed by atoms with Crippen LogP contribution in [0.5, 0.6) is 11.5 Å². The third-order valence-corrected chi connectivity index (χ3v) is 7.98. The third kappa shape index (κ3) is 6.06. The first-order valence-corrected chi connectivity index (χ1v) is 13.9. The predicted molar refractivity (Wildman–Crippen MR) is 151 cm³/mol. The second-order valence-electron chi connectivity index (χ2n) is 10.5. The van der Waals surface area contributed by atoms with E-state index >= 15 is 0 Å². The Morgan fingerprint density at radius 3 is 2.51 bits per heavy atom. The zero-order valence-electron chi connectivity index (χ0n) is 22.8. The van der Waals surface area contributed by atoms with Crippen LogP contribution in [-0.4, -0.2) is 78.2 Å². The summed E-state index contributed by atoms with van der Waals surface area (Å²) < 4.78 is 11.0. The number of aliphatic hydroxyl groups excluding tert-OH is 2. The van der Waals surface area contributed by atoms with E-state index in [1.165, 1.54) is 6.08 Å². The summed E-state index contributed by atoms with van der Waals surface area (Å²) in [6.07, 6.45) is 7.73. The number of hydrogen-bond donors (Lipinski definition) is 5. The van der Waals surface area contributed by atoms with E-state index in [-0.39, 0.29) is 18.1 Å². The lowest BCUT2D eigenvalue weighted by Crippen LogP contribution is -2.59. The van der Waals surface area contributed by atoms with Gasteiger partial charge >= 0.3 is 0 Å². The fourth-order valence-electron chi connectivity index (χ4n) is 5.90. The minimum atomic E-state index is -0.936. The second kappa shape index (κ2) is 12.4. The SMILES string of the molecule is C=CC(O)NC1CCCCC1Nc1ncc2c(n1)N(C1CCCNC1)C(O)N(c1cc(OC)cc(OC)c1)C2. The molecule has 0 bridgehead atoms. The molecule has 2 fully saturated rings. The molecule has 2 aliphatic heterocycles. The van der Waals surface area contributed by atoms with Crippen LogP contribution < -0.4 is 35.2 Å². The van der Waals surface area contributed by atoms with Crippen LogP contribution in [0.1, 0.15) is 44.1 Å². The van der Waals surface area contributed by atoms with Gasteiger partial charge in [0, 0.05) is 60.3 Å². The molecule has 5 N–H and O–H groups in total. The molecule has 3 aliphatic rings. The Morgan fingerprint density at radius 2 is 1.85 bits per heavy atom. The average molecular weight is 540 g/mol. The maximum absolute atomic E-state index is 11.8. The number of aliphatic hydroxyl groups is 2. The molecule has 1 aromatic carbocycles. The molecule has 2 aromatic rings. The number of nitrogens with one attached hydrogen (secondary N) is 3. The Labute approximate surface area is 230 Å². The Kier molecular flexibility index (Phi) is 8.71. The Bertz CT molecular complexity index is 1110. The first kappa shape index (κ1) is 27.4. The first-order chi connectivity index (χ1) is 19.0. The predicted octanol–water partition coefficient (Wildman–Crippen LogP) is 2.17. The molecule has 1 aliphatic carbocycles. The number of rotatable bonds is 9. The van der Waals surface area contributed by atoms with Gasteiger partial charge in [-0.2, -0.15) is 4.98 Å². The van der Waals surface area contributed by atoms with Crippen LogP contribution in [0.4, 0.5) is 17.5 Å². The summed E-state index contributed by atoms with van der Waals surface area (Å²) in [6.45, 7) is 5.84. The van der Waals surface area contributed by atoms with Crippen molar-refractivity contribution in [2.24, 2.45) is 0 Å². The fraction of sp³-hybridized carbons (Fsp3) is 0.571. The molecular weight excluding hydrogens is 498 g/mol. The number of benzene rings is 1. The van der Waals surface area contributed by atoms with Crippen molar-refractivity contribution >= 4 is 17.5 Å². The zero-order valence-corrected chi connectivity index (χ0v) is 22.8. The van der Waals surface area contributed by atoms with Crippen LogP contribution in [0, 0.1) is 0 Å². The Morgan fingerprint density at radius 1 is 1.10 bits per heavy atom. The summed E-state index contributed by atoms with van der Waals surface area (Å²) in [7, 11) is 3.24. The quantitative estimate of drug-likeness (QED) is 0.238. The zero-order chi connectivity index (χ0) is 27.4. The molecule has 39 heavy (non-hydrogen) atoms. The van der Waals surface area contributed by atoms with Crippen molar-refractivity contribution in [2.45, 2.75) is 75.8 Å². The van der Waals surface area contributed by atoms with Gasteiger partial charge in [-0.15, -0.1) is 0 Å². The van der Waals surface area contributed by atoms with E-state index in [0.717, 1.165) is 68.7 Å². The summed E-state index contributed by atoms with van der Waals surface area (Å²) in [6, 6.07) is 5.84. The van der Waals surface area contributed by atoms with Crippen LogP contribution in [-0.2, 0) is 6.54 Å². The monoisotopic (exact) mass is 539 g/mol. The summed E-state index contributed by atoms with van der Waals surface area (Å²) in [5, 5.41) is 32.1. The topological polar surface area (TPSA) is 127 Å². The normalized spacial score (nSPS) is 25.9. The molecule has 11 heteroatoms. The van der Waals surface area contributed by atoms with Crippen molar-refractivity contribution < 1.29 is 19.7 Å². The number of hydrogen-bond acceptors (Lipinski definition) is 11. The summed E-state index contributed by atoms with van der Waals surface area (Å²) in [4.78, 5) is 13.6. The largest absolute Gasteiger partial charge is 0.497 e. The molecule has 3 heterocycles. The van der Waals surface area contributed by atoms with E-state index in [9.17, 15) is 10.2 Å². The van der Waals surface area contributed by atoms with Crippen molar-refractivity contribution in [3.8, 4) is 11.5 Å². The van der Waals surface area contributed by atoms with E-state index < -0.39 is 12.6 Å². The summed E-state index contributed by atoms with van der Waals surface area (Å²) in [5.74, 6) is 2.58. The molecule has 212 valence electrons. The van der Waals surface area contributed by atoms with Crippen molar-refractivity contribution in [3.63, 3.8) is 0 Å². The van der Waals surface area contributed by atoms with Crippen molar-refractivity contribution in [2.75, 3.05) is 42.4 Å². The minimum Gasteiger partial charge on any atom is -0.497 e. The van der Waals surface area contributed by atoms with E-state index in [0.29, 0.717) is 24.0 Å². The lowest BCUT2D eigenvalue weighted by atomic mass is 9.90. The second-order valence-corrected chi connectivity index (χ2v) is 10.5. The molecule has 0 radical (unpaired) electrons. The Hall–Kier alpha value is -3.12. The van der Waals surface area contributed by atoms with E-state index in [2.05, 4.69) is 27.5 Å². The molecule has 5 unspecified atom stereocenters. The first-order valence-electron chi connectivity index (χ1n) is 13.9. The number of anilines is 3. The van der Waals surface area contributed by atoms with E-state index in [1.807, 2.05) is 34.2 Å². The number of fused-ring (bicyclic) bond motifs is 1. The molecule has 0 spiro atoms.